The van der Waals surface area contributed by atoms with Crippen LogP contribution in [0, 0.1) is 40.9 Å². The Hall–Kier alpha value is -0.660. The molecule has 0 saturated heterocycles. The van der Waals surface area contributed by atoms with Crippen LogP contribution >= 0.6 is 22.6 Å². The summed E-state index contributed by atoms with van der Waals surface area (Å²) in [5.41, 5.74) is 0.301. The quantitative estimate of drug-likeness (QED) is 0.306. The molecule has 0 aliphatic heterocycles. The number of Topliss-reactive ketones (excluding diaryl/α,β-unsaturated/α-hetero) is 1. The number of esters is 1. The topological polar surface area (TPSA) is 80.7 Å². The fourth-order valence-corrected chi connectivity index (χ4v) is 9.52. The molecular formula is C24H35IO5. The zero-order chi connectivity index (χ0) is 21.6. The molecule has 0 bridgehead atoms. The van der Waals surface area contributed by atoms with Crippen molar-refractivity contribution >= 4 is 40.3 Å². The average Bonchev–Trinajstić information content (AvgIpc) is 3.12. The summed E-state index contributed by atoms with van der Waals surface area (Å²) in [6.45, 7) is 4.27. The highest BCUT2D eigenvalue weighted by Gasteiger charge is 2.59. The number of aliphatic carboxylic acids is 1. The summed E-state index contributed by atoms with van der Waals surface area (Å²) in [7, 11) is 0. The molecule has 4 aliphatic rings. The Balaban J connectivity index is 1.43. The fraction of sp³-hybridized carbons (Fsp3) is 0.875. The van der Waals surface area contributed by atoms with Crippen LogP contribution in [0.25, 0.3) is 0 Å². The van der Waals surface area contributed by atoms with Crippen LogP contribution in [0.2, 0.25) is 0 Å². The van der Waals surface area contributed by atoms with Crippen LogP contribution in [0.4, 0.5) is 0 Å². The van der Waals surface area contributed by atoms with Crippen molar-refractivity contribution in [1.29, 1.82) is 0 Å². The van der Waals surface area contributed by atoms with Gasteiger partial charge in [0.15, 0.2) is 0 Å². The molecule has 0 amide bonds. The number of fused-ring (bicyclic) bond motifs is 5. The maximum absolute atomic E-state index is 12.2. The van der Waals surface area contributed by atoms with E-state index in [1.807, 2.05) is 0 Å². The van der Waals surface area contributed by atoms with Gasteiger partial charge in [-0.25, -0.2) is 0 Å². The minimum atomic E-state index is -0.955. The molecule has 6 heteroatoms. The molecule has 0 aromatic carbocycles. The predicted molar refractivity (Wildman–Crippen MR) is 121 cm³/mol. The monoisotopic (exact) mass is 530 g/mol. The number of carbonyl (C=O) groups excluding carboxylic acids is 2. The van der Waals surface area contributed by atoms with Crippen molar-refractivity contribution < 1.29 is 24.2 Å². The third kappa shape index (κ3) is 4.06. The third-order valence-electron chi connectivity index (χ3n) is 9.27. The number of ketones is 1. The van der Waals surface area contributed by atoms with Crippen molar-refractivity contribution in [2.75, 3.05) is 0 Å². The minimum absolute atomic E-state index is 0.0340. The molecule has 0 aromatic rings. The number of ether oxygens (including phenoxy) is 1. The largest absolute Gasteiger partial charge is 0.481 e. The summed E-state index contributed by atoms with van der Waals surface area (Å²) >= 11 is 2.68. The third-order valence-corrected chi connectivity index (χ3v) is 10.6. The molecular weight excluding hydrogens is 495 g/mol. The SMILES string of the molecule is CC(=O)C1CCC2C1CCC1C2[C@H](I)C[C@H]2C[C@H](OC(=O)CCC(=O)O)CC[C@]12C. The van der Waals surface area contributed by atoms with E-state index in [1.165, 1.54) is 25.7 Å². The number of rotatable bonds is 5. The maximum Gasteiger partial charge on any atom is 0.306 e. The number of carboxylic acid groups (broad SMARTS) is 1. The van der Waals surface area contributed by atoms with Gasteiger partial charge >= 0.3 is 11.9 Å². The van der Waals surface area contributed by atoms with Crippen molar-refractivity contribution in [3.63, 3.8) is 0 Å². The van der Waals surface area contributed by atoms with Gasteiger partial charge in [0.25, 0.3) is 0 Å². The molecule has 9 atom stereocenters. The van der Waals surface area contributed by atoms with Crippen LogP contribution < -0.4 is 0 Å². The van der Waals surface area contributed by atoms with Gasteiger partial charge in [-0.3, -0.25) is 14.4 Å². The van der Waals surface area contributed by atoms with E-state index in [2.05, 4.69) is 29.5 Å². The summed E-state index contributed by atoms with van der Waals surface area (Å²) in [6, 6.07) is 0. The van der Waals surface area contributed by atoms with Crippen LogP contribution in [-0.2, 0) is 19.1 Å². The molecule has 30 heavy (non-hydrogen) atoms. The summed E-state index contributed by atoms with van der Waals surface area (Å²) < 4.78 is 6.30. The Morgan fingerprint density at radius 1 is 1.03 bits per heavy atom. The average molecular weight is 530 g/mol. The Labute approximate surface area is 193 Å². The van der Waals surface area contributed by atoms with Crippen molar-refractivity contribution in [2.45, 2.75) is 88.1 Å². The summed E-state index contributed by atoms with van der Waals surface area (Å²) in [6.07, 6.45) is 8.58. The highest BCUT2D eigenvalue weighted by Crippen LogP contribution is 2.65. The van der Waals surface area contributed by atoms with E-state index in [4.69, 9.17) is 9.84 Å². The first-order valence-corrected chi connectivity index (χ1v) is 13.0. The minimum Gasteiger partial charge on any atom is -0.481 e. The first-order chi connectivity index (χ1) is 14.2. The van der Waals surface area contributed by atoms with Gasteiger partial charge in [0.1, 0.15) is 11.9 Å². The normalized spacial score (nSPS) is 45.0. The van der Waals surface area contributed by atoms with E-state index in [0.29, 0.717) is 44.7 Å². The first kappa shape index (κ1) is 22.5. The predicted octanol–water partition coefficient (Wildman–Crippen LogP) is 5.03. The van der Waals surface area contributed by atoms with Crippen molar-refractivity contribution in [2.24, 2.45) is 40.9 Å². The Bertz CT molecular complexity index is 708. The molecule has 0 heterocycles. The molecule has 0 spiro atoms. The number of alkyl halides is 1. The van der Waals surface area contributed by atoms with Gasteiger partial charge in [-0.1, -0.05) is 29.5 Å². The van der Waals surface area contributed by atoms with Gasteiger partial charge in [0.05, 0.1) is 12.8 Å². The molecule has 4 saturated carbocycles. The van der Waals surface area contributed by atoms with E-state index < -0.39 is 5.97 Å². The summed E-state index contributed by atoms with van der Waals surface area (Å²) in [5, 5.41) is 8.78. The highest BCUT2D eigenvalue weighted by atomic mass is 127. The maximum atomic E-state index is 12.2. The van der Waals surface area contributed by atoms with Crippen molar-refractivity contribution in [1.82, 2.24) is 0 Å². The molecule has 4 aliphatic carbocycles. The molecule has 5 unspecified atom stereocenters. The van der Waals surface area contributed by atoms with Crippen molar-refractivity contribution in [3.8, 4) is 0 Å². The van der Waals surface area contributed by atoms with E-state index in [-0.39, 0.29) is 24.9 Å². The van der Waals surface area contributed by atoms with Gasteiger partial charge in [0, 0.05) is 9.84 Å². The van der Waals surface area contributed by atoms with Crippen LogP contribution in [0.1, 0.15) is 78.1 Å². The van der Waals surface area contributed by atoms with Crippen LogP contribution in [0.3, 0.4) is 0 Å². The standard InChI is InChI=1S/C24H35IO5/c1-13(26)16-3-4-18-17(16)5-6-19-23(18)20(25)12-14-11-15(9-10-24(14,19)2)30-22(29)8-7-21(27)28/h14-20,23H,3-12H2,1-2H3,(H,27,28)/t14-,15-,16?,17?,18?,19?,20-,23?,24+/m1/s1. The molecule has 1 N–H and O–H groups in total. The summed E-state index contributed by atoms with van der Waals surface area (Å²) in [4.78, 5) is 34.9. The van der Waals surface area contributed by atoms with Crippen LogP contribution in [-0.4, -0.2) is 32.9 Å². The van der Waals surface area contributed by atoms with Crippen LogP contribution in [0.15, 0.2) is 0 Å². The van der Waals surface area contributed by atoms with E-state index >= 15 is 0 Å². The molecule has 168 valence electrons. The Morgan fingerprint density at radius 2 is 1.77 bits per heavy atom. The van der Waals surface area contributed by atoms with Gasteiger partial charge in [-0.15, -0.1) is 0 Å². The van der Waals surface area contributed by atoms with Gasteiger partial charge in [-0.2, -0.15) is 0 Å². The van der Waals surface area contributed by atoms with Gasteiger partial charge in [-0.05, 0) is 93.3 Å². The molecule has 4 fully saturated rings. The number of carbonyl (C=O) groups is 3. The van der Waals surface area contributed by atoms with Crippen LogP contribution in [0.5, 0.6) is 0 Å². The van der Waals surface area contributed by atoms with Crippen molar-refractivity contribution in [3.05, 3.63) is 0 Å². The highest BCUT2D eigenvalue weighted by molar-refractivity contribution is 14.1. The second kappa shape index (κ2) is 8.70. The van der Waals surface area contributed by atoms with Gasteiger partial charge < -0.3 is 9.84 Å². The van der Waals surface area contributed by atoms with Gasteiger partial charge in [0.2, 0.25) is 0 Å². The lowest BCUT2D eigenvalue weighted by atomic mass is 9.47. The second-order valence-electron chi connectivity index (χ2n) is 10.6. The first-order valence-electron chi connectivity index (χ1n) is 11.8. The summed E-state index contributed by atoms with van der Waals surface area (Å²) in [5.74, 6) is 2.70. The number of carboxylic acids is 1. The number of hydrogen-bond donors (Lipinski definition) is 1. The van der Waals surface area contributed by atoms with E-state index in [1.54, 1.807) is 6.92 Å². The molecule has 0 radical (unpaired) electrons. The second-order valence-corrected chi connectivity index (χ2v) is 12.2. The number of hydrogen-bond acceptors (Lipinski definition) is 4. The zero-order valence-corrected chi connectivity index (χ0v) is 20.3. The zero-order valence-electron chi connectivity index (χ0n) is 18.1. The Kier molecular flexibility index (Phi) is 6.54. The molecule has 0 aromatic heterocycles. The van der Waals surface area contributed by atoms with E-state index in [0.717, 1.165) is 31.6 Å². The smallest absolute Gasteiger partial charge is 0.306 e. The molecule has 5 nitrogen and oxygen atoms in total. The van der Waals surface area contributed by atoms with E-state index in [9.17, 15) is 14.4 Å². The lowest BCUT2D eigenvalue weighted by Crippen LogP contribution is -2.55. The molecule has 4 rings (SSSR count). The Morgan fingerprint density at radius 3 is 2.47 bits per heavy atom. The lowest BCUT2D eigenvalue weighted by molar-refractivity contribution is -0.161. The fourth-order valence-electron chi connectivity index (χ4n) is 7.87. The lowest BCUT2D eigenvalue weighted by Gasteiger charge is -2.60. The number of halogens is 1.